The van der Waals surface area contributed by atoms with E-state index in [2.05, 4.69) is 5.10 Å². The summed E-state index contributed by atoms with van der Waals surface area (Å²) in [7, 11) is 1.30. The predicted molar refractivity (Wildman–Crippen MR) is 97.9 cm³/mol. The molecule has 0 N–H and O–H groups in total. The van der Waals surface area contributed by atoms with Crippen molar-refractivity contribution in [3.05, 3.63) is 40.0 Å². The van der Waals surface area contributed by atoms with Crippen LogP contribution in [0.2, 0.25) is 0 Å². The molecular formula is C19H16N4O6. The van der Waals surface area contributed by atoms with E-state index < -0.39 is 10.6 Å². The van der Waals surface area contributed by atoms with Crippen molar-refractivity contribution in [3.8, 4) is 17.6 Å². The van der Waals surface area contributed by atoms with Gasteiger partial charge >= 0.3 is 5.69 Å². The fraction of sp³-hybridized carbons (Fsp3) is 0.368. The van der Waals surface area contributed by atoms with E-state index in [-0.39, 0.29) is 59.2 Å². The van der Waals surface area contributed by atoms with Crippen molar-refractivity contribution < 1.29 is 24.0 Å². The van der Waals surface area contributed by atoms with Crippen LogP contribution in [0.25, 0.3) is 0 Å². The monoisotopic (exact) mass is 396 g/mol. The van der Waals surface area contributed by atoms with Gasteiger partial charge in [-0.15, -0.1) is 0 Å². The van der Waals surface area contributed by atoms with Crippen molar-refractivity contribution in [2.45, 2.75) is 6.42 Å². The van der Waals surface area contributed by atoms with Crippen molar-refractivity contribution in [1.82, 2.24) is 5.01 Å². The van der Waals surface area contributed by atoms with Crippen LogP contribution in [0.3, 0.4) is 0 Å². The first kappa shape index (κ1) is 18.6. The molecule has 4 rings (SSSR count). The lowest BCUT2D eigenvalue weighted by Gasteiger charge is -2.13. The van der Waals surface area contributed by atoms with Crippen molar-refractivity contribution in [2.75, 3.05) is 13.7 Å². The zero-order valence-electron chi connectivity index (χ0n) is 15.3. The van der Waals surface area contributed by atoms with Gasteiger partial charge in [0.2, 0.25) is 5.75 Å². The van der Waals surface area contributed by atoms with E-state index >= 15 is 0 Å². The number of fused-ring (bicyclic) bond motifs is 5. The number of hydrogen-bond donors (Lipinski definition) is 0. The molecule has 1 aliphatic heterocycles. The summed E-state index contributed by atoms with van der Waals surface area (Å²) in [6.45, 7) is -0.388. The van der Waals surface area contributed by atoms with E-state index in [1.807, 2.05) is 12.2 Å². The van der Waals surface area contributed by atoms with Crippen LogP contribution in [0, 0.1) is 45.1 Å². The summed E-state index contributed by atoms with van der Waals surface area (Å²) in [4.78, 5) is 36.0. The summed E-state index contributed by atoms with van der Waals surface area (Å²) in [5.74, 6) is -1.44. The Bertz CT molecular complexity index is 981. The molecule has 1 aromatic rings. The molecule has 4 atom stereocenters. The number of nitro benzene ring substituents is 1. The molecule has 0 aromatic heterocycles. The summed E-state index contributed by atoms with van der Waals surface area (Å²) < 4.78 is 10.2. The number of nitriles is 1. The predicted octanol–water partition coefficient (Wildman–Crippen LogP) is 1.65. The van der Waals surface area contributed by atoms with Crippen LogP contribution >= 0.6 is 0 Å². The molecular weight excluding hydrogens is 380 g/mol. The molecule has 29 heavy (non-hydrogen) atoms. The number of carbonyl (C=O) groups excluding carboxylic acids is 2. The normalized spacial score (nSPS) is 26.8. The maximum absolute atomic E-state index is 12.7. The quantitative estimate of drug-likeness (QED) is 0.234. The summed E-state index contributed by atoms with van der Waals surface area (Å²) in [6.07, 6.45) is 5.99. The van der Waals surface area contributed by atoms with Crippen molar-refractivity contribution in [3.63, 3.8) is 0 Å². The summed E-state index contributed by atoms with van der Waals surface area (Å²) in [6, 6.07) is 4.33. The molecule has 148 valence electrons. The topological polar surface area (TPSA) is 135 Å². The van der Waals surface area contributed by atoms with Crippen LogP contribution < -0.4 is 9.47 Å². The Kier molecular flexibility index (Phi) is 4.50. The molecule has 1 heterocycles. The Morgan fingerprint density at radius 2 is 1.97 bits per heavy atom. The van der Waals surface area contributed by atoms with Gasteiger partial charge in [-0.2, -0.15) is 15.4 Å². The molecule has 3 aliphatic rings. The highest BCUT2D eigenvalue weighted by Gasteiger charge is 2.59. The summed E-state index contributed by atoms with van der Waals surface area (Å²) >= 11 is 0. The number of benzene rings is 1. The molecule has 1 saturated carbocycles. The second-order valence-corrected chi connectivity index (χ2v) is 7.01. The maximum atomic E-state index is 12.7. The third-order valence-corrected chi connectivity index (χ3v) is 5.52. The molecule has 2 fully saturated rings. The van der Waals surface area contributed by atoms with E-state index in [0.717, 1.165) is 11.4 Å². The number of nitrogens with zero attached hydrogens (tertiary/aromatic N) is 4. The molecule has 1 aromatic carbocycles. The number of ether oxygens (including phenoxy) is 2. The van der Waals surface area contributed by atoms with Gasteiger partial charge in [0, 0.05) is 11.6 Å². The Hall–Kier alpha value is -3.74. The number of hydrazone groups is 1. The summed E-state index contributed by atoms with van der Waals surface area (Å²) in [5, 5.41) is 24.9. The maximum Gasteiger partial charge on any atom is 0.315 e. The van der Waals surface area contributed by atoms with Gasteiger partial charge < -0.3 is 9.47 Å². The number of carbonyl (C=O) groups is 2. The van der Waals surface area contributed by atoms with Crippen molar-refractivity contribution in [2.24, 2.45) is 28.8 Å². The standard InChI is InChI=1S/C19H16N4O6/c1-28-14-7-10(6-13(23(26)27)17(14)29-5-4-20)9-21-22-18(24)15-11-2-3-12(8-11)16(15)19(22)25/h2-3,6-7,9,11-12,15-16H,5,8H2,1H3. The fourth-order valence-electron chi connectivity index (χ4n) is 4.34. The lowest BCUT2D eigenvalue weighted by Crippen LogP contribution is -2.28. The first-order chi connectivity index (χ1) is 14.0. The van der Waals surface area contributed by atoms with Crippen LogP contribution in [-0.2, 0) is 9.59 Å². The molecule has 0 radical (unpaired) electrons. The highest BCUT2D eigenvalue weighted by molar-refractivity contribution is 6.06. The average molecular weight is 396 g/mol. The Labute approximate surface area is 165 Å². The molecule has 0 spiro atoms. The minimum Gasteiger partial charge on any atom is -0.493 e. The van der Waals surface area contributed by atoms with Crippen molar-refractivity contribution in [1.29, 1.82) is 5.26 Å². The van der Waals surface area contributed by atoms with Gasteiger partial charge in [-0.05, 0) is 24.3 Å². The Morgan fingerprint density at radius 1 is 1.31 bits per heavy atom. The minimum atomic E-state index is -0.674. The third-order valence-electron chi connectivity index (χ3n) is 5.52. The van der Waals surface area contributed by atoms with E-state index in [9.17, 15) is 19.7 Å². The van der Waals surface area contributed by atoms with E-state index in [1.165, 1.54) is 25.5 Å². The van der Waals surface area contributed by atoms with Gasteiger partial charge in [-0.1, -0.05) is 12.2 Å². The number of allylic oxidation sites excluding steroid dienone is 2. The second kappa shape index (κ2) is 7.01. The van der Waals surface area contributed by atoms with Crippen LogP contribution in [0.5, 0.6) is 11.5 Å². The highest BCUT2D eigenvalue weighted by Crippen LogP contribution is 2.52. The van der Waals surface area contributed by atoms with Gasteiger partial charge in [-0.25, -0.2) is 0 Å². The number of rotatable bonds is 6. The number of imide groups is 1. The lowest BCUT2D eigenvalue weighted by atomic mass is 9.85. The minimum absolute atomic E-state index is 0.0362. The second-order valence-electron chi connectivity index (χ2n) is 7.01. The first-order valence-corrected chi connectivity index (χ1v) is 8.92. The fourth-order valence-corrected chi connectivity index (χ4v) is 4.34. The van der Waals surface area contributed by atoms with Crippen LogP contribution in [0.1, 0.15) is 12.0 Å². The molecule has 10 nitrogen and oxygen atoms in total. The lowest BCUT2D eigenvalue weighted by molar-refractivity contribution is -0.385. The van der Waals surface area contributed by atoms with Gasteiger partial charge in [0.1, 0.15) is 6.07 Å². The largest absolute Gasteiger partial charge is 0.493 e. The summed E-state index contributed by atoms with van der Waals surface area (Å²) in [5.41, 5.74) is -0.171. The molecule has 10 heteroatoms. The third kappa shape index (κ3) is 2.91. The number of nitro groups is 1. The Balaban J connectivity index is 1.63. The molecule has 4 unspecified atom stereocenters. The van der Waals surface area contributed by atoms with E-state index in [0.29, 0.717) is 0 Å². The SMILES string of the molecule is COc1cc(C=NN2C(=O)C3C4C=CC(C4)C3C2=O)cc([N+](=O)[O-])c1OCC#N. The van der Waals surface area contributed by atoms with E-state index in [1.54, 1.807) is 6.07 Å². The van der Waals surface area contributed by atoms with Gasteiger partial charge in [0.25, 0.3) is 11.8 Å². The first-order valence-electron chi connectivity index (χ1n) is 8.92. The van der Waals surface area contributed by atoms with Crippen LogP contribution in [-0.4, -0.2) is 41.7 Å². The molecule has 2 aliphatic carbocycles. The number of hydrogen-bond acceptors (Lipinski definition) is 8. The zero-order valence-corrected chi connectivity index (χ0v) is 15.3. The smallest absolute Gasteiger partial charge is 0.315 e. The molecule has 2 amide bonds. The zero-order chi connectivity index (χ0) is 20.7. The van der Waals surface area contributed by atoms with Gasteiger partial charge in [-0.3, -0.25) is 19.7 Å². The van der Waals surface area contributed by atoms with Crippen molar-refractivity contribution >= 4 is 23.7 Å². The van der Waals surface area contributed by atoms with Gasteiger partial charge in [0.15, 0.2) is 12.4 Å². The highest BCUT2D eigenvalue weighted by atomic mass is 16.6. The van der Waals surface area contributed by atoms with Crippen LogP contribution in [0.4, 0.5) is 5.69 Å². The number of methoxy groups -OCH3 is 1. The number of amides is 2. The van der Waals surface area contributed by atoms with Gasteiger partial charge in [0.05, 0.1) is 30.1 Å². The molecule has 1 saturated heterocycles. The Morgan fingerprint density at radius 3 is 2.52 bits per heavy atom. The van der Waals surface area contributed by atoms with Crippen LogP contribution in [0.15, 0.2) is 29.4 Å². The van der Waals surface area contributed by atoms with E-state index in [4.69, 9.17) is 14.7 Å². The molecule has 2 bridgehead atoms. The average Bonchev–Trinajstić information content (AvgIpc) is 3.39.